The van der Waals surface area contributed by atoms with Gasteiger partial charge in [-0.05, 0) is 25.0 Å². The maximum atomic E-state index is 11.8. The van der Waals surface area contributed by atoms with Crippen LogP contribution in [0.15, 0.2) is 18.2 Å². The van der Waals surface area contributed by atoms with Crippen LogP contribution in [0.25, 0.3) is 0 Å². The van der Waals surface area contributed by atoms with E-state index >= 15 is 0 Å². The predicted octanol–water partition coefficient (Wildman–Crippen LogP) is 2.38. The van der Waals surface area contributed by atoms with Crippen LogP contribution in [-0.2, 0) is 4.74 Å². The number of nitrogen functional groups attached to an aromatic ring is 1. The third-order valence-corrected chi connectivity index (χ3v) is 2.69. The fourth-order valence-electron chi connectivity index (χ4n) is 1.20. The zero-order valence-electron chi connectivity index (χ0n) is 10.5. The van der Waals surface area contributed by atoms with Crippen LogP contribution >= 0.6 is 0 Å². The van der Waals surface area contributed by atoms with Gasteiger partial charge in [-0.15, -0.1) is 0 Å². The number of nitro benzene ring substituents is 1. The summed E-state index contributed by atoms with van der Waals surface area (Å²) in [5.74, 6) is -0.406. The van der Waals surface area contributed by atoms with Gasteiger partial charge in [-0.25, -0.2) is 4.79 Å². The Morgan fingerprint density at radius 1 is 1.39 bits per heavy atom. The van der Waals surface area contributed by atoms with Crippen molar-refractivity contribution < 1.29 is 14.5 Å². The number of nitro groups is 1. The third-order valence-electron chi connectivity index (χ3n) is 2.69. The van der Waals surface area contributed by atoms with Crippen LogP contribution in [0, 0.1) is 16.0 Å². The molecule has 98 valence electrons. The summed E-state index contributed by atoms with van der Waals surface area (Å²) >= 11 is 0. The van der Waals surface area contributed by atoms with Gasteiger partial charge < -0.3 is 10.5 Å². The molecule has 0 bridgehead atoms. The zero-order chi connectivity index (χ0) is 13.9. The minimum atomic E-state index is -0.627. The number of anilines is 1. The summed E-state index contributed by atoms with van der Waals surface area (Å²) in [4.78, 5) is 21.8. The lowest BCUT2D eigenvalue weighted by Crippen LogP contribution is -2.20. The summed E-state index contributed by atoms with van der Waals surface area (Å²) in [6.07, 6.45) is -0.255. The Bertz CT molecular complexity index is 471. The Labute approximate surface area is 105 Å². The van der Waals surface area contributed by atoms with E-state index in [0.29, 0.717) is 0 Å². The maximum Gasteiger partial charge on any atom is 0.338 e. The van der Waals surface area contributed by atoms with Crippen LogP contribution < -0.4 is 5.73 Å². The molecular formula is C12H16N2O4. The van der Waals surface area contributed by atoms with Crippen molar-refractivity contribution >= 4 is 17.3 Å². The molecule has 0 aliphatic heterocycles. The van der Waals surface area contributed by atoms with Crippen LogP contribution in [0.1, 0.15) is 31.1 Å². The number of carbonyl (C=O) groups excluding carboxylic acids is 1. The molecule has 0 radical (unpaired) electrons. The molecule has 0 heterocycles. The molecule has 6 heteroatoms. The first-order chi connectivity index (χ1) is 8.32. The number of rotatable bonds is 4. The molecule has 0 saturated carbocycles. The minimum absolute atomic E-state index is 0.0217. The molecule has 0 spiro atoms. The van der Waals surface area contributed by atoms with Crippen LogP contribution in [0.5, 0.6) is 0 Å². The average molecular weight is 252 g/mol. The van der Waals surface area contributed by atoms with E-state index in [2.05, 4.69) is 0 Å². The highest BCUT2D eigenvalue weighted by Gasteiger charge is 2.19. The average Bonchev–Trinajstić information content (AvgIpc) is 2.28. The van der Waals surface area contributed by atoms with E-state index in [1.165, 1.54) is 12.1 Å². The van der Waals surface area contributed by atoms with E-state index in [1.54, 1.807) is 6.92 Å². The monoisotopic (exact) mass is 252 g/mol. The van der Waals surface area contributed by atoms with Gasteiger partial charge in [0.1, 0.15) is 11.8 Å². The van der Waals surface area contributed by atoms with Crippen molar-refractivity contribution in [2.24, 2.45) is 5.92 Å². The lowest BCUT2D eigenvalue weighted by atomic mass is 10.1. The quantitative estimate of drug-likeness (QED) is 0.384. The Morgan fingerprint density at radius 3 is 2.50 bits per heavy atom. The lowest BCUT2D eigenvalue weighted by molar-refractivity contribution is -0.383. The summed E-state index contributed by atoms with van der Waals surface area (Å²) < 4.78 is 5.17. The number of carbonyl (C=O) groups is 1. The van der Waals surface area contributed by atoms with Crippen molar-refractivity contribution in [2.45, 2.75) is 26.9 Å². The summed E-state index contributed by atoms with van der Waals surface area (Å²) in [6, 6.07) is 3.87. The number of nitrogens with two attached hydrogens (primary N) is 1. The Kier molecular flexibility index (Phi) is 4.25. The normalized spacial score (nSPS) is 12.2. The van der Waals surface area contributed by atoms with E-state index in [4.69, 9.17) is 10.5 Å². The van der Waals surface area contributed by atoms with Gasteiger partial charge in [0.2, 0.25) is 0 Å². The molecule has 1 aromatic rings. The smallest absolute Gasteiger partial charge is 0.338 e. The van der Waals surface area contributed by atoms with Crippen molar-refractivity contribution in [3.63, 3.8) is 0 Å². The fraction of sp³-hybridized carbons (Fsp3) is 0.417. The molecule has 1 unspecified atom stereocenters. The Morgan fingerprint density at radius 2 is 2.00 bits per heavy atom. The predicted molar refractivity (Wildman–Crippen MR) is 67.2 cm³/mol. The second-order valence-electron chi connectivity index (χ2n) is 4.39. The SMILES string of the molecule is CC(C)C(C)OC(=O)c1ccc(N)c([N+](=O)[O-])c1. The molecule has 0 aliphatic rings. The standard InChI is InChI=1S/C12H16N2O4/c1-7(2)8(3)18-12(15)9-4-5-10(13)11(6-9)14(16)17/h4-8H,13H2,1-3H3. The van der Waals surface area contributed by atoms with Crippen LogP contribution in [0.3, 0.4) is 0 Å². The number of hydrogen-bond acceptors (Lipinski definition) is 5. The zero-order valence-corrected chi connectivity index (χ0v) is 10.5. The molecule has 0 saturated heterocycles. The number of nitrogens with zero attached hydrogens (tertiary/aromatic N) is 1. The molecule has 1 aromatic carbocycles. The second-order valence-corrected chi connectivity index (χ2v) is 4.39. The fourth-order valence-corrected chi connectivity index (χ4v) is 1.20. The van der Waals surface area contributed by atoms with E-state index in [-0.39, 0.29) is 29.0 Å². The Hall–Kier alpha value is -2.11. The van der Waals surface area contributed by atoms with Gasteiger partial charge in [0.15, 0.2) is 0 Å². The summed E-state index contributed by atoms with van der Waals surface area (Å²) in [5.41, 5.74) is 5.31. The molecule has 0 aromatic heterocycles. The van der Waals surface area contributed by atoms with Crippen molar-refractivity contribution in [3.05, 3.63) is 33.9 Å². The van der Waals surface area contributed by atoms with Crippen LogP contribution in [0.2, 0.25) is 0 Å². The number of ether oxygens (including phenoxy) is 1. The molecule has 1 rings (SSSR count). The lowest BCUT2D eigenvalue weighted by Gasteiger charge is -2.16. The molecule has 6 nitrogen and oxygen atoms in total. The van der Waals surface area contributed by atoms with Crippen LogP contribution in [0.4, 0.5) is 11.4 Å². The van der Waals surface area contributed by atoms with Crippen molar-refractivity contribution in [3.8, 4) is 0 Å². The van der Waals surface area contributed by atoms with Crippen LogP contribution in [-0.4, -0.2) is 17.0 Å². The van der Waals surface area contributed by atoms with Gasteiger partial charge in [0, 0.05) is 6.07 Å². The highest BCUT2D eigenvalue weighted by molar-refractivity contribution is 5.91. The summed E-state index contributed by atoms with van der Waals surface area (Å²) in [7, 11) is 0. The second kappa shape index (κ2) is 5.48. The van der Waals surface area contributed by atoms with Gasteiger partial charge >= 0.3 is 5.97 Å². The van der Waals surface area contributed by atoms with Crippen molar-refractivity contribution in [2.75, 3.05) is 5.73 Å². The Balaban J connectivity index is 2.94. The number of esters is 1. The molecule has 18 heavy (non-hydrogen) atoms. The molecule has 2 N–H and O–H groups in total. The summed E-state index contributed by atoms with van der Waals surface area (Å²) in [6.45, 7) is 5.61. The first-order valence-corrected chi connectivity index (χ1v) is 5.57. The first-order valence-electron chi connectivity index (χ1n) is 5.57. The van der Waals surface area contributed by atoms with E-state index in [9.17, 15) is 14.9 Å². The number of hydrogen-bond donors (Lipinski definition) is 1. The molecule has 0 aliphatic carbocycles. The minimum Gasteiger partial charge on any atom is -0.459 e. The third kappa shape index (κ3) is 3.19. The van der Waals surface area contributed by atoms with E-state index in [1.807, 2.05) is 13.8 Å². The van der Waals surface area contributed by atoms with E-state index < -0.39 is 10.9 Å². The highest BCUT2D eigenvalue weighted by Crippen LogP contribution is 2.23. The highest BCUT2D eigenvalue weighted by atomic mass is 16.6. The van der Waals surface area contributed by atoms with Gasteiger partial charge in [0.25, 0.3) is 5.69 Å². The molecule has 1 atom stereocenters. The maximum absolute atomic E-state index is 11.8. The number of benzene rings is 1. The summed E-state index contributed by atoms with van der Waals surface area (Å²) in [5, 5.41) is 10.7. The molecule has 0 amide bonds. The van der Waals surface area contributed by atoms with E-state index in [0.717, 1.165) is 6.07 Å². The van der Waals surface area contributed by atoms with Gasteiger partial charge in [-0.3, -0.25) is 10.1 Å². The van der Waals surface area contributed by atoms with Gasteiger partial charge in [-0.2, -0.15) is 0 Å². The largest absolute Gasteiger partial charge is 0.459 e. The topological polar surface area (TPSA) is 95.5 Å². The van der Waals surface area contributed by atoms with Gasteiger partial charge in [0.05, 0.1) is 10.5 Å². The van der Waals surface area contributed by atoms with Crippen molar-refractivity contribution in [1.82, 2.24) is 0 Å². The van der Waals surface area contributed by atoms with Gasteiger partial charge in [-0.1, -0.05) is 13.8 Å². The first kappa shape index (κ1) is 14.0. The molecule has 0 fully saturated rings. The van der Waals surface area contributed by atoms with Crippen molar-refractivity contribution in [1.29, 1.82) is 0 Å². The molecular weight excluding hydrogens is 236 g/mol.